The van der Waals surface area contributed by atoms with E-state index in [1.165, 1.54) is 6.07 Å². The predicted octanol–water partition coefficient (Wildman–Crippen LogP) is 3.59. The number of halogens is 1. The fraction of sp³-hybridized carbons (Fsp3) is 0.286. The maximum absolute atomic E-state index is 13.6. The van der Waals surface area contributed by atoms with Gasteiger partial charge in [-0.25, -0.2) is 4.39 Å². The van der Waals surface area contributed by atoms with E-state index in [0.717, 1.165) is 25.1 Å². The second-order valence-corrected chi connectivity index (χ2v) is 3.97. The lowest BCUT2D eigenvalue weighted by Crippen LogP contribution is -2.13. The van der Waals surface area contributed by atoms with E-state index in [2.05, 4.69) is 12.2 Å². The third-order valence-corrected chi connectivity index (χ3v) is 2.57. The highest BCUT2D eigenvalue weighted by Gasteiger charge is 2.08. The Morgan fingerprint density at radius 2 is 2.18 bits per heavy atom. The first-order valence-corrected chi connectivity index (χ1v) is 5.84. The summed E-state index contributed by atoms with van der Waals surface area (Å²) >= 11 is 0. The van der Waals surface area contributed by atoms with E-state index >= 15 is 0 Å². The summed E-state index contributed by atoms with van der Waals surface area (Å²) in [5, 5.41) is 3.29. The van der Waals surface area contributed by atoms with Gasteiger partial charge in [0.2, 0.25) is 0 Å². The number of hydrogen-bond donors (Lipinski definition) is 1. The van der Waals surface area contributed by atoms with Gasteiger partial charge in [0.05, 0.1) is 11.8 Å². The minimum Gasteiger partial charge on any atom is -0.464 e. The van der Waals surface area contributed by atoms with Gasteiger partial charge in [-0.2, -0.15) is 0 Å². The van der Waals surface area contributed by atoms with Crippen molar-refractivity contribution in [3.63, 3.8) is 0 Å². The molecule has 0 saturated heterocycles. The lowest BCUT2D eigenvalue weighted by molar-refractivity contribution is 0.568. The van der Waals surface area contributed by atoms with Crippen molar-refractivity contribution in [1.29, 1.82) is 0 Å². The molecule has 0 aliphatic carbocycles. The van der Waals surface area contributed by atoms with E-state index in [1.807, 2.05) is 6.07 Å². The third-order valence-electron chi connectivity index (χ3n) is 2.57. The normalized spacial score (nSPS) is 10.7. The van der Waals surface area contributed by atoms with Crippen LogP contribution in [-0.2, 0) is 6.54 Å². The van der Waals surface area contributed by atoms with Crippen molar-refractivity contribution >= 4 is 0 Å². The van der Waals surface area contributed by atoms with Gasteiger partial charge in [0.15, 0.2) is 0 Å². The van der Waals surface area contributed by atoms with Crippen LogP contribution in [0.5, 0.6) is 0 Å². The molecule has 90 valence electrons. The van der Waals surface area contributed by atoms with Crippen LogP contribution < -0.4 is 5.32 Å². The van der Waals surface area contributed by atoms with Crippen molar-refractivity contribution < 1.29 is 8.81 Å². The van der Waals surface area contributed by atoms with E-state index in [4.69, 9.17) is 4.42 Å². The first-order chi connectivity index (χ1) is 8.31. The second kappa shape index (κ2) is 5.64. The smallest absolute Gasteiger partial charge is 0.136 e. The van der Waals surface area contributed by atoms with Crippen molar-refractivity contribution in [2.75, 3.05) is 6.54 Å². The molecule has 3 heteroatoms. The molecule has 0 aliphatic rings. The van der Waals surface area contributed by atoms with Crippen LogP contribution in [0.1, 0.15) is 18.9 Å². The summed E-state index contributed by atoms with van der Waals surface area (Å²) in [5.74, 6) is 0.319. The average molecular weight is 233 g/mol. The van der Waals surface area contributed by atoms with E-state index < -0.39 is 0 Å². The minimum atomic E-state index is -0.251. The lowest BCUT2D eigenvalue weighted by atomic mass is 10.1. The number of hydrogen-bond acceptors (Lipinski definition) is 2. The van der Waals surface area contributed by atoms with Crippen LogP contribution in [0.4, 0.5) is 4.39 Å². The summed E-state index contributed by atoms with van der Waals surface area (Å²) in [4.78, 5) is 0. The van der Waals surface area contributed by atoms with Crippen molar-refractivity contribution in [3.8, 4) is 11.3 Å². The molecule has 2 aromatic rings. The molecule has 2 nitrogen and oxygen atoms in total. The van der Waals surface area contributed by atoms with Gasteiger partial charge in [0, 0.05) is 6.54 Å². The quantitative estimate of drug-likeness (QED) is 0.798. The molecular weight excluding hydrogens is 217 g/mol. The van der Waals surface area contributed by atoms with E-state index in [-0.39, 0.29) is 5.82 Å². The Morgan fingerprint density at radius 1 is 1.29 bits per heavy atom. The zero-order valence-electron chi connectivity index (χ0n) is 9.87. The van der Waals surface area contributed by atoms with Gasteiger partial charge in [0.1, 0.15) is 11.6 Å². The maximum atomic E-state index is 13.6. The van der Waals surface area contributed by atoms with Crippen molar-refractivity contribution in [1.82, 2.24) is 5.32 Å². The molecular formula is C14H16FNO. The Kier molecular flexibility index (Phi) is 3.94. The Hall–Kier alpha value is -1.61. The molecule has 0 saturated carbocycles. The molecule has 0 fully saturated rings. The average Bonchev–Trinajstić information content (AvgIpc) is 2.85. The molecule has 2 rings (SSSR count). The van der Waals surface area contributed by atoms with Crippen LogP contribution in [0, 0.1) is 5.82 Å². The van der Waals surface area contributed by atoms with Gasteiger partial charge in [-0.3, -0.25) is 0 Å². The zero-order chi connectivity index (χ0) is 12.1. The lowest BCUT2D eigenvalue weighted by Gasteiger charge is -2.06. The fourth-order valence-electron chi connectivity index (χ4n) is 1.71. The molecule has 0 radical (unpaired) electrons. The molecule has 0 amide bonds. The van der Waals surface area contributed by atoms with Gasteiger partial charge in [-0.15, -0.1) is 0 Å². The predicted molar refractivity (Wildman–Crippen MR) is 66.1 cm³/mol. The third kappa shape index (κ3) is 2.94. The summed E-state index contributed by atoms with van der Waals surface area (Å²) in [5.41, 5.74) is 1.58. The summed E-state index contributed by atoms with van der Waals surface area (Å²) in [6, 6.07) is 8.64. The van der Waals surface area contributed by atoms with Gasteiger partial charge >= 0.3 is 0 Å². The van der Waals surface area contributed by atoms with Crippen LogP contribution in [0.15, 0.2) is 41.0 Å². The number of benzene rings is 1. The Balaban J connectivity index is 2.18. The van der Waals surface area contributed by atoms with Crippen molar-refractivity contribution in [3.05, 3.63) is 48.0 Å². The highest BCUT2D eigenvalue weighted by atomic mass is 19.1. The molecule has 1 heterocycles. The van der Waals surface area contributed by atoms with Gasteiger partial charge in [0.25, 0.3) is 0 Å². The first-order valence-electron chi connectivity index (χ1n) is 5.84. The molecule has 1 N–H and O–H groups in total. The molecule has 0 bridgehead atoms. The van der Waals surface area contributed by atoms with E-state index in [0.29, 0.717) is 11.3 Å². The van der Waals surface area contributed by atoms with E-state index in [9.17, 15) is 4.39 Å². The summed E-state index contributed by atoms with van der Waals surface area (Å²) in [7, 11) is 0. The highest BCUT2D eigenvalue weighted by Crippen LogP contribution is 2.24. The largest absolute Gasteiger partial charge is 0.464 e. The Bertz CT molecular complexity index is 465. The van der Waals surface area contributed by atoms with Gasteiger partial charge in [-0.1, -0.05) is 13.0 Å². The highest BCUT2D eigenvalue weighted by molar-refractivity contribution is 5.59. The maximum Gasteiger partial charge on any atom is 0.136 e. The minimum absolute atomic E-state index is 0.251. The fourth-order valence-corrected chi connectivity index (χ4v) is 1.71. The molecule has 17 heavy (non-hydrogen) atoms. The standard InChI is InChI=1S/C14H16FNO/c1-2-7-16-10-11-5-6-13(15)12(9-11)14-4-3-8-17-14/h3-6,8-9,16H,2,7,10H2,1H3. The Morgan fingerprint density at radius 3 is 2.88 bits per heavy atom. The molecule has 1 aromatic heterocycles. The summed E-state index contributed by atoms with van der Waals surface area (Å²) in [6.45, 7) is 3.83. The molecule has 0 spiro atoms. The molecule has 0 unspecified atom stereocenters. The summed E-state index contributed by atoms with van der Waals surface area (Å²) < 4.78 is 18.9. The van der Waals surface area contributed by atoms with Crippen LogP contribution in [-0.4, -0.2) is 6.54 Å². The van der Waals surface area contributed by atoms with Crippen LogP contribution >= 0.6 is 0 Å². The van der Waals surface area contributed by atoms with Gasteiger partial charge < -0.3 is 9.73 Å². The van der Waals surface area contributed by atoms with Crippen LogP contribution in [0.25, 0.3) is 11.3 Å². The first kappa shape index (κ1) is 11.9. The molecule has 0 atom stereocenters. The zero-order valence-corrected chi connectivity index (χ0v) is 9.87. The van der Waals surface area contributed by atoms with Crippen LogP contribution in [0.3, 0.4) is 0 Å². The van der Waals surface area contributed by atoms with Crippen LogP contribution in [0.2, 0.25) is 0 Å². The summed E-state index contributed by atoms with van der Waals surface area (Å²) in [6.07, 6.45) is 2.64. The number of rotatable bonds is 5. The van der Waals surface area contributed by atoms with Gasteiger partial charge in [-0.05, 0) is 42.8 Å². The van der Waals surface area contributed by atoms with Crippen molar-refractivity contribution in [2.45, 2.75) is 19.9 Å². The van der Waals surface area contributed by atoms with E-state index in [1.54, 1.807) is 24.5 Å². The second-order valence-electron chi connectivity index (χ2n) is 3.97. The topological polar surface area (TPSA) is 25.2 Å². The SMILES string of the molecule is CCCNCc1ccc(F)c(-c2ccco2)c1. The number of nitrogens with one attached hydrogen (secondary N) is 1. The number of furan rings is 1. The molecule has 0 aliphatic heterocycles. The van der Waals surface area contributed by atoms with Crippen molar-refractivity contribution in [2.24, 2.45) is 0 Å². The monoisotopic (exact) mass is 233 g/mol. The Labute approximate surface area is 100 Å². The molecule has 1 aromatic carbocycles.